The van der Waals surface area contributed by atoms with Gasteiger partial charge in [-0.1, -0.05) is 12.1 Å². The Balaban J connectivity index is 1.63. The largest absolute Gasteiger partial charge is 0.332 e. The normalized spacial score (nSPS) is 10.9. The van der Waals surface area contributed by atoms with Gasteiger partial charge in [-0.15, -0.1) is 17.9 Å². The summed E-state index contributed by atoms with van der Waals surface area (Å²) in [5.74, 6) is 0.0866. The topological polar surface area (TPSA) is 95.6 Å². The second kappa shape index (κ2) is 7.37. The maximum atomic E-state index is 12.6. The molecule has 3 heterocycles. The van der Waals surface area contributed by atoms with E-state index in [1.165, 1.54) is 4.57 Å². The molecule has 0 aliphatic heterocycles. The van der Waals surface area contributed by atoms with Crippen LogP contribution >= 0.6 is 23.6 Å². The molecule has 4 aromatic rings. The lowest BCUT2D eigenvalue weighted by Crippen LogP contribution is -2.22. The number of thiophene rings is 1. The lowest BCUT2D eigenvalue weighted by Gasteiger charge is -2.07. The smallest absolute Gasteiger partial charge is 0.262 e. The first-order valence-electron chi connectivity index (χ1n) is 8.35. The summed E-state index contributed by atoms with van der Waals surface area (Å²) < 4.78 is 1.70. The van der Waals surface area contributed by atoms with Gasteiger partial charge in [0.25, 0.3) is 11.5 Å². The van der Waals surface area contributed by atoms with Gasteiger partial charge in [-0.25, -0.2) is 0 Å². The zero-order chi connectivity index (χ0) is 19.7. The maximum Gasteiger partial charge on any atom is 0.262 e. The number of aromatic nitrogens is 4. The Bertz CT molecular complexity index is 1300. The third-order valence-corrected chi connectivity index (χ3v) is 5.39. The van der Waals surface area contributed by atoms with Gasteiger partial charge in [0.05, 0.1) is 21.5 Å². The summed E-state index contributed by atoms with van der Waals surface area (Å²) in [6.45, 7) is 3.95. The van der Waals surface area contributed by atoms with Gasteiger partial charge in [-0.2, -0.15) is 5.10 Å². The van der Waals surface area contributed by atoms with E-state index in [-0.39, 0.29) is 16.2 Å². The number of nitrogens with zero attached hydrogens (tertiary/aromatic N) is 2. The molecular weight excluding hydrogens is 394 g/mol. The van der Waals surface area contributed by atoms with Crippen LogP contribution in [0.3, 0.4) is 0 Å². The van der Waals surface area contributed by atoms with E-state index < -0.39 is 0 Å². The van der Waals surface area contributed by atoms with Crippen LogP contribution < -0.4 is 10.9 Å². The third-order valence-electron chi connectivity index (χ3n) is 4.16. The Labute approximate surface area is 168 Å². The number of amides is 1. The van der Waals surface area contributed by atoms with Crippen LogP contribution in [0.5, 0.6) is 0 Å². The van der Waals surface area contributed by atoms with Gasteiger partial charge in [0.2, 0.25) is 0 Å². The molecule has 140 valence electrons. The van der Waals surface area contributed by atoms with Crippen molar-refractivity contribution in [2.24, 2.45) is 0 Å². The highest BCUT2D eigenvalue weighted by Gasteiger charge is 2.12. The molecule has 0 saturated heterocycles. The van der Waals surface area contributed by atoms with E-state index in [0.717, 1.165) is 10.6 Å². The standard InChI is InChI=1S/C19H15N5O2S2/c1-2-7-24-18(26)12-6-5-11(9-13(12)20-19(24)27)17(25)21-16-10-14(22-23-16)15-4-3-8-28-15/h2-6,8-10H,1,7H2,(H,20,27)(H2,21,22,23,25). The number of anilines is 1. The molecule has 1 aromatic carbocycles. The van der Waals surface area contributed by atoms with Crippen molar-refractivity contribution < 1.29 is 4.79 Å². The highest BCUT2D eigenvalue weighted by Crippen LogP contribution is 2.24. The molecule has 0 atom stereocenters. The fourth-order valence-corrected chi connectivity index (χ4v) is 3.78. The number of nitrogens with one attached hydrogen (secondary N) is 3. The molecule has 4 rings (SSSR count). The van der Waals surface area contributed by atoms with Crippen molar-refractivity contribution in [3.63, 3.8) is 0 Å². The molecule has 0 aliphatic rings. The second-order valence-corrected chi connectivity index (χ2v) is 7.33. The Morgan fingerprint density at radius 2 is 2.21 bits per heavy atom. The van der Waals surface area contributed by atoms with E-state index in [0.29, 0.717) is 28.8 Å². The van der Waals surface area contributed by atoms with E-state index in [9.17, 15) is 9.59 Å². The van der Waals surface area contributed by atoms with Crippen molar-refractivity contribution in [2.75, 3.05) is 5.32 Å². The minimum Gasteiger partial charge on any atom is -0.332 e. The Morgan fingerprint density at radius 3 is 2.96 bits per heavy atom. The minimum absolute atomic E-state index is 0.224. The van der Waals surface area contributed by atoms with Gasteiger partial charge < -0.3 is 10.3 Å². The van der Waals surface area contributed by atoms with Crippen LogP contribution in [0, 0.1) is 4.77 Å². The molecule has 0 radical (unpaired) electrons. The third kappa shape index (κ3) is 3.32. The van der Waals surface area contributed by atoms with Crippen LogP contribution in [-0.4, -0.2) is 25.7 Å². The number of hydrogen-bond acceptors (Lipinski definition) is 5. The summed E-state index contributed by atoms with van der Waals surface area (Å²) in [7, 11) is 0. The Morgan fingerprint density at radius 1 is 1.36 bits per heavy atom. The Hall–Kier alpha value is -3.30. The molecule has 0 aliphatic carbocycles. The minimum atomic E-state index is -0.333. The summed E-state index contributed by atoms with van der Waals surface area (Å²) >= 11 is 6.81. The molecule has 28 heavy (non-hydrogen) atoms. The SMILES string of the molecule is C=CCn1c(=S)[nH]c2cc(C(=O)Nc3cc(-c4cccs4)[nH]n3)ccc2c1=O. The fraction of sp³-hybridized carbons (Fsp3) is 0.0526. The predicted octanol–water partition coefficient (Wildman–Crippen LogP) is 3.95. The van der Waals surface area contributed by atoms with Gasteiger partial charge in [-0.05, 0) is 41.9 Å². The zero-order valence-electron chi connectivity index (χ0n) is 14.6. The molecule has 9 heteroatoms. The van der Waals surface area contributed by atoms with Crippen LogP contribution in [0.1, 0.15) is 10.4 Å². The first-order valence-corrected chi connectivity index (χ1v) is 9.64. The number of H-pyrrole nitrogens is 2. The molecule has 0 saturated carbocycles. The van der Waals surface area contributed by atoms with Crippen LogP contribution in [0.25, 0.3) is 21.5 Å². The number of aromatic amines is 2. The van der Waals surface area contributed by atoms with Gasteiger partial charge in [0.15, 0.2) is 10.6 Å². The molecule has 0 bridgehead atoms. The number of allylic oxidation sites excluding steroid dienone is 1. The van der Waals surface area contributed by atoms with Gasteiger partial charge in [0, 0.05) is 18.2 Å². The average Bonchev–Trinajstić information content (AvgIpc) is 3.36. The lowest BCUT2D eigenvalue weighted by molar-refractivity contribution is 0.102. The summed E-state index contributed by atoms with van der Waals surface area (Å²) in [6.07, 6.45) is 1.60. The van der Waals surface area contributed by atoms with Crippen molar-refractivity contribution >= 4 is 46.2 Å². The van der Waals surface area contributed by atoms with E-state index in [4.69, 9.17) is 12.2 Å². The van der Waals surface area contributed by atoms with Crippen LogP contribution in [0.2, 0.25) is 0 Å². The van der Waals surface area contributed by atoms with Crippen LogP contribution in [0.15, 0.2) is 59.2 Å². The van der Waals surface area contributed by atoms with Gasteiger partial charge >= 0.3 is 0 Å². The maximum absolute atomic E-state index is 12.6. The molecule has 3 N–H and O–H groups in total. The molecule has 0 fully saturated rings. The van der Waals surface area contributed by atoms with Gasteiger partial charge in [-0.3, -0.25) is 19.3 Å². The molecule has 1 amide bonds. The fourth-order valence-electron chi connectivity index (χ4n) is 2.82. The Kier molecular flexibility index (Phi) is 4.76. The van der Waals surface area contributed by atoms with Crippen molar-refractivity contribution in [1.29, 1.82) is 0 Å². The molecule has 3 aromatic heterocycles. The molecular formula is C19H15N5O2S2. The van der Waals surface area contributed by atoms with E-state index >= 15 is 0 Å². The number of benzene rings is 1. The number of hydrogen-bond donors (Lipinski definition) is 3. The summed E-state index contributed by atoms with van der Waals surface area (Å²) in [5.41, 5.74) is 1.50. The zero-order valence-corrected chi connectivity index (χ0v) is 16.2. The second-order valence-electron chi connectivity index (χ2n) is 5.99. The summed E-state index contributed by atoms with van der Waals surface area (Å²) in [4.78, 5) is 29.2. The summed E-state index contributed by atoms with van der Waals surface area (Å²) in [6, 6.07) is 10.5. The first kappa shape index (κ1) is 18.1. The number of carbonyl (C=O) groups is 1. The van der Waals surface area contributed by atoms with Gasteiger partial charge in [0.1, 0.15) is 0 Å². The predicted molar refractivity (Wildman–Crippen MR) is 113 cm³/mol. The molecule has 0 spiro atoms. The van der Waals surface area contributed by atoms with E-state index in [2.05, 4.69) is 27.1 Å². The molecule has 7 nitrogen and oxygen atoms in total. The van der Waals surface area contributed by atoms with Crippen molar-refractivity contribution in [3.8, 4) is 10.6 Å². The van der Waals surface area contributed by atoms with E-state index in [1.807, 2.05) is 17.5 Å². The monoisotopic (exact) mass is 409 g/mol. The number of rotatable bonds is 5. The summed E-state index contributed by atoms with van der Waals surface area (Å²) in [5, 5.41) is 12.2. The first-order chi connectivity index (χ1) is 13.6. The average molecular weight is 409 g/mol. The molecule has 0 unspecified atom stereocenters. The lowest BCUT2D eigenvalue weighted by atomic mass is 10.1. The quantitative estimate of drug-likeness (QED) is 0.344. The van der Waals surface area contributed by atoms with Crippen molar-refractivity contribution in [3.05, 3.63) is 75.1 Å². The highest BCUT2D eigenvalue weighted by molar-refractivity contribution is 7.71. The van der Waals surface area contributed by atoms with Crippen molar-refractivity contribution in [1.82, 2.24) is 19.7 Å². The van der Waals surface area contributed by atoms with Crippen LogP contribution in [0.4, 0.5) is 5.82 Å². The van der Waals surface area contributed by atoms with Crippen molar-refractivity contribution in [2.45, 2.75) is 6.54 Å². The van der Waals surface area contributed by atoms with Crippen LogP contribution in [-0.2, 0) is 6.54 Å². The number of carbonyl (C=O) groups excluding carboxylic acids is 1. The number of fused-ring (bicyclic) bond motifs is 1. The van der Waals surface area contributed by atoms with E-state index in [1.54, 1.807) is 41.7 Å². The highest BCUT2D eigenvalue weighted by atomic mass is 32.1.